The predicted molar refractivity (Wildman–Crippen MR) is 64.3 cm³/mol. The van der Waals surface area contributed by atoms with Gasteiger partial charge in [0.25, 0.3) is 5.91 Å². The molecule has 98 valence electrons. The molecule has 1 aromatic rings. The molecule has 1 amide bonds. The molecule has 1 aromatic carbocycles. The monoisotopic (exact) mass is 321 g/mol. The number of hydrogen-bond acceptors (Lipinski definition) is 1. The van der Waals surface area contributed by atoms with Crippen molar-refractivity contribution in [3.8, 4) is 0 Å². The van der Waals surface area contributed by atoms with Crippen molar-refractivity contribution in [3.05, 3.63) is 33.8 Å². The van der Waals surface area contributed by atoms with Gasteiger partial charge in [0.1, 0.15) is 0 Å². The van der Waals surface area contributed by atoms with Crippen molar-refractivity contribution in [3.63, 3.8) is 0 Å². The Bertz CT molecular complexity index is 467. The minimum absolute atomic E-state index is 0.0820. The fourth-order valence-corrected chi connectivity index (χ4v) is 2.47. The number of carbonyl (C=O) groups excluding carboxylic acids is 1. The number of rotatable bonds is 1. The zero-order valence-corrected chi connectivity index (χ0v) is 11.0. The Labute approximate surface area is 111 Å². The molecule has 1 heterocycles. The summed E-state index contributed by atoms with van der Waals surface area (Å²) in [5, 5.41) is 0. The highest BCUT2D eigenvalue weighted by Crippen LogP contribution is 2.32. The smallest absolute Gasteiger partial charge is 0.339 e. The third-order valence-corrected chi connectivity index (χ3v) is 3.32. The van der Waals surface area contributed by atoms with Crippen molar-refractivity contribution in [2.75, 3.05) is 13.1 Å². The average molecular weight is 322 g/mol. The molecule has 0 unspecified atom stereocenters. The van der Waals surface area contributed by atoms with Crippen molar-refractivity contribution in [2.45, 2.75) is 19.0 Å². The molecular weight excluding hydrogens is 311 g/mol. The Hall–Kier alpha value is -1.04. The number of amides is 1. The van der Waals surface area contributed by atoms with E-state index in [9.17, 15) is 18.0 Å². The van der Waals surface area contributed by atoms with Gasteiger partial charge < -0.3 is 4.90 Å². The molecule has 1 saturated heterocycles. The van der Waals surface area contributed by atoms with Crippen LogP contribution in [0.3, 0.4) is 0 Å². The molecule has 0 N–H and O–H groups in total. The Morgan fingerprint density at radius 2 is 1.78 bits per heavy atom. The van der Waals surface area contributed by atoms with Gasteiger partial charge in [-0.1, -0.05) is 15.9 Å². The number of alkyl halides is 3. The zero-order valence-electron chi connectivity index (χ0n) is 9.43. The SMILES string of the molecule is O=C(c1cc(Br)cc(C(F)(F)F)c1)N1CCCC1. The molecule has 2 rings (SSSR count). The Balaban J connectivity index is 2.33. The highest BCUT2D eigenvalue weighted by molar-refractivity contribution is 9.10. The first-order valence-electron chi connectivity index (χ1n) is 5.55. The molecule has 0 atom stereocenters. The predicted octanol–water partition coefficient (Wildman–Crippen LogP) is 3.70. The van der Waals surface area contributed by atoms with E-state index < -0.39 is 11.7 Å². The van der Waals surface area contributed by atoms with E-state index in [1.165, 1.54) is 6.07 Å². The summed E-state index contributed by atoms with van der Waals surface area (Å²) in [5.74, 6) is -0.334. The van der Waals surface area contributed by atoms with Crippen LogP contribution in [0, 0.1) is 0 Å². The van der Waals surface area contributed by atoms with Gasteiger partial charge in [-0.05, 0) is 31.0 Å². The molecule has 0 bridgehead atoms. The minimum Gasteiger partial charge on any atom is -0.339 e. The van der Waals surface area contributed by atoms with Gasteiger partial charge in [-0.15, -0.1) is 0 Å². The van der Waals surface area contributed by atoms with Gasteiger partial charge in [-0.25, -0.2) is 0 Å². The lowest BCUT2D eigenvalue weighted by molar-refractivity contribution is -0.137. The van der Waals surface area contributed by atoms with Crippen LogP contribution >= 0.6 is 15.9 Å². The van der Waals surface area contributed by atoms with Crippen LogP contribution in [0.4, 0.5) is 13.2 Å². The number of nitrogens with zero attached hydrogens (tertiary/aromatic N) is 1. The maximum atomic E-state index is 12.6. The number of hydrogen-bond donors (Lipinski definition) is 0. The maximum absolute atomic E-state index is 12.6. The Morgan fingerprint density at radius 1 is 1.17 bits per heavy atom. The van der Waals surface area contributed by atoms with Crippen molar-refractivity contribution in [2.24, 2.45) is 0 Å². The third kappa shape index (κ3) is 2.85. The fourth-order valence-electron chi connectivity index (χ4n) is 1.98. The van der Waals surface area contributed by atoms with E-state index in [1.807, 2.05) is 0 Å². The van der Waals surface area contributed by atoms with Crippen molar-refractivity contribution < 1.29 is 18.0 Å². The summed E-state index contributed by atoms with van der Waals surface area (Å²) in [6.45, 7) is 1.24. The summed E-state index contributed by atoms with van der Waals surface area (Å²) in [6.07, 6.45) is -2.62. The van der Waals surface area contributed by atoms with Crippen molar-refractivity contribution in [1.29, 1.82) is 0 Å². The lowest BCUT2D eigenvalue weighted by Crippen LogP contribution is -2.27. The van der Waals surface area contributed by atoms with Gasteiger partial charge in [-0.3, -0.25) is 4.79 Å². The molecule has 2 nitrogen and oxygen atoms in total. The molecule has 0 aromatic heterocycles. The van der Waals surface area contributed by atoms with Crippen molar-refractivity contribution in [1.82, 2.24) is 4.90 Å². The standard InChI is InChI=1S/C12H11BrF3NO/c13-10-6-8(5-9(7-10)12(14,15)16)11(18)17-3-1-2-4-17/h5-7H,1-4H2. The van der Waals surface area contributed by atoms with Crippen molar-refractivity contribution >= 4 is 21.8 Å². The second kappa shape index (κ2) is 4.91. The molecule has 0 spiro atoms. The van der Waals surface area contributed by atoms with E-state index in [-0.39, 0.29) is 15.9 Å². The fraction of sp³-hybridized carbons (Fsp3) is 0.417. The third-order valence-electron chi connectivity index (χ3n) is 2.87. The normalized spacial score (nSPS) is 16.1. The summed E-state index contributed by atoms with van der Waals surface area (Å²) in [5.41, 5.74) is -0.724. The molecular formula is C12H11BrF3NO. The lowest BCUT2D eigenvalue weighted by atomic mass is 10.1. The molecule has 1 aliphatic heterocycles. The molecule has 18 heavy (non-hydrogen) atoms. The lowest BCUT2D eigenvalue weighted by Gasteiger charge is -2.16. The van der Waals surface area contributed by atoms with E-state index in [1.54, 1.807) is 4.90 Å². The summed E-state index contributed by atoms with van der Waals surface area (Å²) in [7, 11) is 0. The highest BCUT2D eigenvalue weighted by atomic mass is 79.9. The first kappa shape index (κ1) is 13.4. The van der Waals surface area contributed by atoms with E-state index in [0.29, 0.717) is 13.1 Å². The quantitative estimate of drug-likeness (QED) is 0.772. The van der Waals surface area contributed by atoms with E-state index in [2.05, 4.69) is 15.9 Å². The number of likely N-dealkylation sites (tertiary alicyclic amines) is 1. The maximum Gasteiger partial charge on any atom is 0.416 e. The van der Waals surface area contributed by atoms with Gasteiger partial charge in [0.15, 0.2) is 0 Å². The molecule has 1 fully saturated rings. The van der Waals surface area contributed by atoms with Gasteiger partial charge in [0.2, 0.25) is 0 Å². The number of carbonyl (C=O) groups is 1. The average Bonchev–Trinajstić information content (AvgIpc) is 2.79. The van der Waals surface area contributed by atoms with Crippen LogP contribution in [0.1, 0.15) is 28.8 Å². The summed E-state index contributed by atoms with van der Waals surface area (Å²) in [4.78, 5) is 13.6. The van der Waals surface area contributed by atoms with Crippen LogP contribution in [0.15, 0.2) is 22.7 Å². The molecule has 1 aliphatic rings. The van der Waals surface area contributed by atoms with Gasteiger partial charge in [-0.2, -0.15) is 13.2 Å². The number of halogens is 4. The van der Waals surface area contributed by atoms with Gasteiger partial charge in [0.05, 0.1) is 5.56 Å². The minimum atomic E-state index is -4.44. The first-order chi connectivity index (χ1) is 8.38. The number of benzene rings is 1. The molecule has 0 saturated carbocycles. The second-order valence-corrected chi connectivity index (χ2v) is 5.14. The summed E-state index contributed by atoms with van der Waals surface area (Å²) in [6, 6.07) is 3.31. The van der Waals surface area contributed by atoms with Crippen LogP contribution in [0.25, 0.3) is 0 Å². The van der Waals surface area contributed by atoms with E-state index >= 15 is 0 Å². The Morgan fingerprint density at radius 3 is 2.33 bits per heavy atom. The van der Waals surface area contributed by atoms with Gasteiger partial charge >= 0.3 is 6.18 Å². The largest absolute Gasteiger partial charge is 0.416 e. The van der Waals surface area contributed by atoms with Crippen LogP contribution in [0.5, 0.6) is 0 Å². The summed E-state index contributed by atoms with van der Waals surface area (Å²) >= 11 is 3.01. The molecule has 0 aliphatic carbocycles. The van der Waals surface area contributed by atoms with Crippen LogP contribution in [-0.4, -0.2) is 23.9 Å². The van der Waals surface area contributed by atoms with Crippen LogP contribution in [-0.2, 0) is 6.18 Å². The van der Waals surface area contributed by atoms with Crippen LogP contribution in [0.2, 0.25) is 0 Å². The van der Waals surface area contributed by atoms with Gasteiger partial charge in [0, 0.05) is 23.1 Å². The van der Waals surface area contributed by atoms with E-state index in [4.69, 9.17) is 0 Å². The van der Waals surface area contributed by atoms with Crippen LogP contribution < -0.4 is 0 Å². The zero-order chi connectivity index (χ0) is 13.3. The highest BCUT2D eigenvalue weighted by Gasteiger charge is 2.32. The molecule has 0 radical (unpaired) electrons. The van der Waals surface area contributed by atoms with E-state index in [0.717, 1.165) is 25.0 Å². The summed E-state index contributed by atoms with van der Waals surface area (Å²) < 4.78 is 38.2. The second-order valence-electron chi connectivity index (χ2n) is 4.23. The molecule has 6 heteroatoms. The first-order valence-corrected chi connectivity index (χ1v) is 6.34. The Kier molecular flexibility index (Phi) is 3.66. The topological polar surface area (TPSA) is 20.3 Å².